The van der Waals surface area contributed by atoms with Gasteiger partial charge in [-0.25, -0.2) is 4.99 Å². The van der Waals surface area contributed by atoms with Crippen LogP contribution in [0.15, 0.2) is 75.0 Å². The molecule has 1 aliphatic heterocycles. The number of halogens is 1. The lowest BCUT2D eigenvalue weighted by atomic mass is 10.1. The fourth-order valence-corrected chi connectivity index (χ4v) is 4.66. The van der Waals surface area contributed by atoms with Gasteiger partial charge in [0.2, 0.25) is 0 Å². The van der Waals surface area contributed by atoms with E-state index < -0.39 is 4.92 Å². The number of hydrogen-bond acceptors (Lipinski definition) is 7. The Bertz CT molecular complexity index is 1360. The second-order valence-electron chi connectivity index (χ2n) is 7.57. The first kappa shape index (κ1) is 24.5. The summed E-state index contributed by atoms with van der Waals surface area (Å²) in [7, 11) is 1.52. The Morgan fingerprint density at radius 1 is 1.17 bits per heavy atom. The highest BCUT2D eigenvalue weighted by Crippen LogP contribution is 2.39. The second kappa shape index (κ2) is 10.7. The quantitative estimate of drug-likeness (QED) is 0.214. The van der Waals surface area contributed by atoms with E-state index in [0.29, 0.717) is 31.6 Å². The fourth-order valence-electron chi connectivity index (χ4n) is 3.25. The number of amides is 1. The largest absolute Gasteiger partial charge is 0.493 e. The maximum Gasteiger partial charge on any atom is 0.269 e. The molecule has 35 heavy (non-hydrogen) atoms. The van der Waals surface area contributed by atoms with Crippen LogP contribution in [0.2, 0.25) is 0 Å². The summed E-state index contributed by atoms with van der Waals surface area (Å²) in [5, 5.41) is 14.3. The van der Waals surface area contributed by atoms with Crippen LogP contribution in [0, 0.1) is 17.0 Å². The summed E-state index contributed by atoms with van der Waals surface area (Å²) in [6.45, 7) is 2.12. The molecule has 0 atom stereocenters. The van der Waals surface area contributed by atoms with E-state index in [2.05, 4.69) is 26.2 Å². The number of nitro benzene ring substituents is 1. The smallest absolute Gasteiger partial charge is 0.269 e. The van der Waals surface area contributed by atoms with Crippen molar-refractivity contribution < 1.29 is 19.2 Å². The van der Waals surface area contributed by atoms with Crippen LogP contribution in [0.3, 0.4) is 0 Å². The van der Waals surface area contributed by atoms with Gasteiger partial charge in [0.25, 0.3) is 11.6 Å². The minimum Gasteiger partial charge on any atom is -0.493 e. The lowest BCUT2D eigenvalue weighted by Gasteiger charge is -2.14. The normalized spacial score (nSPS) is 15.3. The van der Waals surface area contributed by atoms with Crippen LogP contribution in [0.5, 0.6) is 11.5 Å². The monoisotopic (exact) mass is 553 g/mol. The van der Waals surface area contributed by atoms with E-state index in [1.54, 1.807) is 30.3 Å². The number of aryl methyl sites for hydroxylation is 1. The zero-order chi connectivity index (χ0) is 24.9. The second-order valence-corrected chi connectivity index (χ2v) is 9.45. The first-order valence-electron chi connectivity index (χ1n) is 10.4. The maximum absolute atomic E-state index is 12.5. The number of hydrogen-bond donors (Lipinski definition) is 1. The topological polar surface area (TPSA) is 103 Å². The first-order valence-corrected chi connectivity index (χ1v) is 12.0. The van der Waals surface area contributed by atoms with Crippen molar-refractivity contribution in [3.05, 3.63) is 96.8 Å². The molecular formula is C25H20BrN3O5S. The summed E-state index contributed by atoms with van der Waals surface area (Å²) in [6, 6.07) is 17.5. The van der Waals surface area contributed by atoms with E-state index in [0.717, 1.165) is 16.8 Å². The number of ether oxygens (including phenoxy) is 2. The molecule has 1 aliphatic rings. The third kappa shape index (κ3) is 6.09. The molecule has 0 aromatic heterocycles. The molecule has 0 unspecified atom stereocenters. The Kier molecular flexibility index (Phi) is 7.52. The molecule has 8 nitrogen and oxygen atoms in total. The van der Waals surface area contributed by atoms with Crippen LogP contribution in [0.25, 0.3) is 6.08 Å². The molecule has 3 aromatic carbocycles. The van der Waals surface area contributed by atoms with E-state index in [9.17, 15) is 14.9 Å². The van der Waals surface area contributed by atoms with Crippen molar-refractivity contribution in [3.8, 4) is 11.5 Å². The molecule has 178 valence electrons. The highest BCUT2D eigenvalue weighted by atomic mass is 79.9. The van der Waals surface area contributed by atoms with Gasteiger partial charge in [-0.05, 0) is 76.1 Å². The molecule has 0 bridgehead atoms. The molecule has 0 radical (unpaired) electrons. The molecule has 0 saturated carbocycles. The number of methoxy groups -OCH3 is 1. The summed E-state index contributed by atoms with van der Waals surface area (Å²) in [4.78, 5) is 28.0. The number of amidine groups is 1. The lowest BCUT2D eigenvalue weighted by Crippen LogP contribution is -2.19. The molecule has 1 N–H and O–H groups in total. The molecule has 10 heteroatoms. The number of benzene rings is 3. The van der Waals surface area contributed by atoms with Gasteiger partial charge in [0.15, 0.2) is 16.7 Å². The molecule has 1 saturated heterocycles. The van der Waals surface area contributed by atoms with Gasteiger partial charge in [0.1, 0.15) is 6.61 Å². The van der Waals surface area contributed by atoms with Crippen molar-refractivity contribution in [2.45, 2.75) is 13.5 Å². The Labute approximate surface area is 214 Å². The van der Waals surface area contributed by atoms with Crippen LogP contribution in [-0.2, 0) is 11.4 Å². The minimum atomic E-state index is -0.448. The number of carbonyl (C=O) groups excluding carboxylic acids is 1. The SMILES string of the molecule is COc1cc(/C=C2/SC(=Nc3ccc(C)cc3)NC2=O)cc(Br)c1OCc1cccc([N+](=O)[O-])c1. The Balaban J connectivity index is 1.52. The van der Waals surface area contributed by atoms with E-state index in [1.165, 1.54) is 31.0 Å². The van der Waals surface area contributed by atoms with Crippen LogP contribution >= 0.6 is 27.7 Å². The highest BCUT2D eigenvalue weighted by molar-refractivity contribution is 9.10. The van der Waals surface area contributed by atoms with Gasteiger partial charge in [0.05, 0.1) is 27.1 Å². The fraction of sp³-hybridized carbons (Fsp3) is 0.120. The van der Waals surface area contributed by atoms with Crippen molar-refractivity contribution in [3.63, 3.8) is 0 Å². The average Bonchev–Trinajstić information content (AvgIpc) is 3.17. The zero-order valence-electron chi connectivity index (χ0n) is 18.8. The van der Waals surface area contributed by atoms with E-state index >= 15 is 0 Å². The summed E-state index contributed by atoms with van der Waals surface area (Å²) >= 11 is 4.76. The minimum absolute atomic E-state index is 0.00303. The summed E-state index contributed by atoms with van der Waals surface area (Å²) in [5.74, 6) is 0.668. The Hall–Kier alpha value is -3.63. The van der Waals surface area contributed by atoms with Gasteiger partial charge in [-0.15, -0.1) is 0 Å². The maximum atomic E-state index is 12.5. The molecule has 0 aliphatic carbocycles. The lowest BCUT2D eigenvalue weighted by molar-refractivity contribution is -0.384. The van der Waals surface area contributed by atoms with Gasteiger partial charge in [-0.2, -0.15) is 0 Å². The number of thioether (sulfide) groups is 1. The van der Waals surface area contributed by atoms with Gasteiger partial charge in [-0.3, -0.25) is 14.9 Å². The average molecular weight is 554 g/mol. The number of carbonyl (C=O) groups is 1. The predicted octanol–water partition coefficient (Wildman–Crippen LogP) is 6.14. The van der Waals surface area contributed by atoms with E-state index in [1.807, 2.05) is 31.2 Å². The van der Waals surface area contributed by atoms with Crippen molar-refractivity contribution in [1.82, 2.24) is 5.32 Å². The predicted molar refractivity (Wildman–Crippen MR) is 140 cm³/mol. The highest BCUT2D eigenvalue weighted by Gasteiger charge is 2.24. The van der Waals surface area contributed by atoms with Crippen molar-refractivity contribution in [1.29, 1.82) is 0 Å². The number of rotatable bonds is 7. The molecule has 4 rings (SSSR count). The standard InChI is InChI=1S/C25H20BrN3O5S/c1-15-6-8-18(9-7-15)27-25-28-24(30)22(35-25)13-17-11-20(26)23(21(12-17)33-2)34-14-16-4-3-5-19(10-16)29(31)32/h3-13H,14H2,1-2H3,(H,27,28,30)/b22-13+. The van der Waals surface area contributed by atoms with Gasteiger partial charge >= 0.3 is 0 Å². The van der Waals surface area contributed by atoms with Gasteiger partial charge < -0.3 is 14.8 Å². The van der Waals surface area contributed by atoms with Crippen LogP contribution in [0.4, 0.5) is 11.4 Å². The van der Waals surface area contributed by atoms with Crippen LogP contribution < -0.4 is 14.8 Å². The molecule has 3 aromatic rings. The number of nitro groups is 1. The number of non-ortho nitro benzene ring substituents is 1. The van der Waals surface area contributed by atoms with Crippen LogP contribution in [0.1, 0.15) is 16.7 Å². The Morgan fingerprint density at radius 2 is 1.94 bits per heavy atom. The van der Waals surface area contributed by atoms with Gasteiger partial charge in [0, 0.05) is 12.1 Å². The molecular weight excluding hydrogens is 534 g/mol. The Morgan fingerprint density at radius 3 is 2.66 bits per heavy atom. The number of nitrogens with one attached hydrogen (secondary N) is 1. The van der Waals surface area contributed by atoms with E-state index in [-0.39, 0.29) is 18.2 Å². The summed E-state index contributed by atoms with van der Waals surface area (Å²) < 4.78 is 12.0. The van der Waals surface area contributed by atoms with Crippen molar-refractivity contribution in [2.75, 3.05) is 7.11 Å². The zero-order valence-corrected chi connectivity index (χ0v) is 21.2. The van der Waals surface area contributed by atoms with Crippen molar-refractivity contribution >= 4 is 56.2 Å². The van der Waals surface area contributed by atoms with Gasteiger partial charge in [-0.1, -0.05) is 29.8 Å². The first-order chi connectivity index (χ1) is 16.8. The molecule has 1 amide bonds. The summed E-state index contributed by atoms with van der Waals surface area (Å²) in [6.07, 6.45) is 1.75. The molecule has 1 heterocycles. The number of aliphatic imine (C=N–C) groups is 1. The van der Waals surface area contributed by atoms with E-state index in [4.69, 9.17) is 9.47 Å². The molecule has 0 spiro atoms. The van der Waals surface area contributed by atoms with Crippen LogP contribution in [-0.4, -0.2) is 23.1 Å². The third-order valence-electron chi connectivity index (χ3n) is 4.97. The summed E-state index contributed by atoms with van der Waals surface area (Å²) in [5.41, 5.74) is 3.27. The van der Waals surface area contributed by atoms with Crippen molar-refractivity contribution in [2.24, 2.45) is 4.99 Å². The molecule has 1 fully saturated rings. The number of nitrogens with zero attached hydrogens (tertiary/aromatic N) is 2. The third-order valence-corrected chi connectivity index (χ3v) is 6.47.